The van der Waals surface area contributed by atoms with E-state index < -0.39 is 5.51 Å². The van der Waals surface area contributed by atoms with E-state index in [0.717, 1.165) is 18.7 Å². The zero-order chi connectivity index (χ0) is 10.9. The second kappa shape index (κ2) is 4.37. The van der Waals surface area contributed by atoms with Crippen LogP contribution in [0.1, 0.15) is 13.3 Å². The van der Waals surface area contributed by atoms with E-state index in [2.05, 4.69) is 46.3 Å². The predicted molar refractivity (Wildman–Crippen MR) is 67.3 cm³/mol. The summed E-state index contributed by atoms with van der Waals surface area (Å²) in [5.41, 5.74) is -1.16. The van der Waals surface area contributed by atoms with E-state index in [9.17, 15) is 4.79 Å². The SMILES string of the molecule is C[C@@H]1C[P@@](=[Se])(c2ccccc2)CCC1=O. The molecule has 0 aliphatic carbocycles. The normalized spacial score (nSPS) is 31.5. The molecule has 0 saturated carbocycles. The van der Waals surface area contributed by atoms with Gasteiger partial charge in [-0.3, -0.25) is 0 Å². The van der Waals surface area contributed by atoms with Crippen LogP contribution in [0.3, 0.4) is 0 Å². The first-order valence-electron chi connectivity index (χ1n) is 5.28. The Balaban J connectivity index is 2.29. The van der Waals surface area contributed by atoms with Gasteiger partial charge in [0, 0.05) is 0 Å². The molecule has 1 aromatic rings. The van der Waals surface area contributed by atoms with E-state index in [1.807, 2.05) is 6.07 Å². The van der Waals surface area contributed by atoms with Gasteiger partial charge in [-0.15, -0.1) is 0 Å². The van der Waals surface area contributed by atoms with Gasteiger partial charge in [0.15, 0.2) is 0 Å². The summed E-state index contributed by atoms with van der Waals surface area (Å²) in [5.74, 6) is 0.686. The summed E-state index contributed by atoms with van der Waals surface area (Å²) < 4.78 is 0. The molecule has 1 heterocycles. The molecule has 0 N–H and O–H groups in total. The van der Waals surface area contributed by atoms with Gasteiger partial charge in [0.1, 0.15) is 0 Å². The Hall–Kier alpha value is -0.161. The number of benzene rings is 1. The van der Waals surface area contributed by atoms with Crippen LogP contribution in [-0.4, -0.2) is 33.2 Å². The summed E-state index contributed by atoms with van der Waals surface area (Å²) in [6.07, 6.45) is 2.87. The maximum absolute atomic E-state index is 11.5. The first kappa shape index (κ1) is 11.3. The average Bonchev–Trinajstić information content (AvgIpc) is 2.26. The zero-order valence-corrected chi connectivity index (χ0v) is 11.5. The van der Waals surface area contributed by atoms with Gasteiger partial charge in [0.2, 0.25) is 0 Å². The van der Waals surface area contributed by atoms with Crippen molar-refractivity contribution >= 4 is 31.7 Å². The van der Waals surface area contributed by atoms with Crippen molar-refractivity contribution in [2.45, 2.75) is 13.3 Å². The average molecular weight is 285 g/mol. The third-order valence-corrected chi connectivity index (χ3v) is 9.80. The fourth-order valence-electron chi connectivity index (χ4n) is 2.11. The molecule has 15 heavy (non-hydrogen) atoms. The summed E-state index contributed by atoms with van der Waals surface area (Å²) in [4.78, 5) is 11.5. The fraction of sp³-hybridized carbons (Fsp3) is 0.417. The first-order chi connectivity index (χ1) is 7.12. The summed E-state index contributed by atoms with van der Waals surface area (Å²) in [7, 11) is 0. The molecule has 1 aromatic carbocycles. The molecule has 80 valence electrons. The Kier molecular flexibility index (Phi) is 3.30. The standard InChI is InChI=1S/C12H15OPSe/c1-10-9-14(15,8-7-12(10)13)11-5-3-2-4-6-11/h2-6,10H,7-9H2,1H3/t10-,14-/m1/s1. The number of ketones is 1. The topological polar surface area (TPSA) is 17.1 Å². The van der Waals surface area contributed by atoms with Gasteiger partial charge in [-0.1, -0.05) is 0 Å². The number of hydrogen-bond acceptors (Lipinski definition) is 1. The zero-order valence-electron chi connectivity index (χ0n) is 8.85. The summed E-state index contributed by atoms with van der Waals surface area (Å²) in [6, 6.07) is 10.6. The van der Waals surface area contributed by atoms with Crippen molar-refractivity contribution in [1.29, 1.82) is 0 Å². The van der Waals surface area contributed by atoms with Crippen LogP contribution in [0.5, 0.6) is 0 Å². The van der Waals surface area contributed by atoms with E-state index in [0.29, 0.717) is 5.78 Å². The summed E-state index contributed by atoms with van der Waals surface area (Å²) >= 11 is 3.42. The van der Waals surface area contributed by atoms with Crippen molar-refractivity contribution in [1.82, 2.24) is 0 Å². The van der Waals surface area contributed by atoms with Gasteiger partial charge >= 0.3 is 98.4 Å². The quantitative estimate of drug-likeness (QED) is 0.570. The third kappa shape index (κ3) is 2.33. The van der Waals surface area contributed by atoms with Crippen LogP contribution in [0.2, 0.25) is 0 Å². The van der Waals surface area contributed by atoms with Gasteiger partial charge in [0.25, 0.3) is 0 Å². The Morgan fingerprint density at radius 3 is 2.60 bits per heavy atom. The van der Waals surface area contributed by atoms with E-state index in [1.54, 1.807) is 0 Å². The molecule has 0 aromatic heterocycles. The minimum atomic E-state index is -1.16. The molecule has 2 atom stereocenters. The van der Waals surface area contributed by atoms with Crippen LogP contribution in [0, 0.1) is 5.92 Å². The molecule has 0 unspecified atom stereocenters. The maximum atomic E-state index is 11.5. The van der Waals surface area contributed by atoms with Crippen LogP contribution >= 0.6 is 5.51 Å². The predicted octanol–water partition coefficient (Wildman–Crippen LogP) is 2.02. The fourth-order valence-corrected chi connectivity index (χ4v) is 7.89. The van der Waals surface area contributed by atoms with Gasteiger partial charge < -0.3 is 0 Å². The molecule has 1 fully saturated rings. The van der Waals surface area contributed by atoms with Gasteiger partial charge in [-0.05, 0) is 0 Å². The Morgan fingerprint density at radius 1 is 1.33 bits per heavy atom. The van der Waals surface area contributed by atoms with E-state index in [4.69, 9.17) is 0 Å². The van der Waals surface area contributed by atoms with Gasteiger partial charge in [-0.25, -0.2) is 0 Å². The van der Waals surface area contributed by atoms with Crippen LogP contribution in [0.4, 0.5) is 0 Å². The van der Waals surface area contributed by atoms with Crippen molar-refractivity contribution in [3.63, 3.8) is 0 Å². The molecule has 0 radical (unpaired) electrons. The molecular formula is C12H15OPSe. The molecule has 1 aliphatic heterocycles. The monoisotopic (exact) mass is 286 g/mol. The van der Waals surface area contributed by atoms with E-state index in [-0.39, 0.29) is 5.92 Å². The molecule has 0 bridgehead atoms. The molecule has 1 saturated heterocycles. The summed E-state index contributed by atoms with van der Waals surface area (Å²) in [6.45, 7) is 2.07. The van der Waals surface area contributed by atoms with Crippen molar-refractivity contribution in [3.8, 4) is 0 Å². The Morgan fingerprint density at radius 2 is 2.00 bits per heavy atom. The first-order valence-corrected chi connectivity index (χ1v) is 9.66. The van der Waals surface area contributed by atoms with Crippen LogP contribution in [-0.2, 0) is 4.79 Å². The van der Waals surface area contributed by atoms with Crippen molar-refractivity contribution in [3.05, 3.63) is 30.3 Å². The second-order valence-electron chi connectivity index (χ2n) is 4.25. The van der Waals surface area contributed by atoms with Gasteiger partial charge in [0.05, 0.1) is 0 Å². The van der Waals surface area contributed by atoms with E-state index >= 15 is 0 Å². The number of carbonyl (C=O) groups is 1. The Labute approximate surface area is 98.5 Å². The minimum absolute atomic E-state index is 0.244. The van der Waals surface area contributed by atoms with Crippen molar-refractivity contribution in [2.24, 2.45) is 5.92 Å². The molecular weight excluding hydrogens is 270 g/mol. The molecule has 0 spiro atoms. The molecule has 0 amide bonds. The van der Waals surface area contributed by atoms with Crippen LogP contribution in [0.15, 0.2) is 30.3 Å². The molecule has 1 aliphatic rings. The van der Waals surface area contributed by atoms with Gasteiger partial charge in [-0.2, -0.15) is 0 Å². The number of Topliss-reactive ketones (excluding diaryl/α,β-unsaturated/α-hetero) is 1. The van der Waals surface area contributed by atoms with Crippen LogP contribution in [0.25, 0.3) is 0 Å². The molecule has 1 nitrogen and oxygen atoms in total. The molecule has 2 rings (SSSR count). The van der Waals surface area contributed by atoms with Crippen molar-refractivity contribution in [2.75, 3.05) is 12.3 Å². The number of carbonyl (C=O) groups excluding carboxylic acids is 1. The summed E-state index contributed by atoms with van der Waals surface area (Å²) in [5, 5.41) is 1.43. The number of rotatable bonds is 1. The third-order valence-electron chi connectivity index (χ3n) is 3.06. The van der Waals surface area contributed by atoms with Crippen LogP contribution < -0.4 is 5.30 Å². The second-order valence-corrected chi connectivity index (χ2v) is 11.8. The Bertz CT molecular complexity index is 413. The van der Waals surface area contributed by atoms with Crippen molar-refractivity contribution < 1.29 is 4.79 Å². The van der Waals surface area contributed by atoms with E-state index in [1.165, 1.54) is 5.30 Å². The number of hydrogen-bond donors (Lipinski definition) is 0. The molecule has 3 heteroatoms.